The summed E-state index contributed by atoms with van der Waals surface area (Å²) < 4.78 is 29.0. The zero-order chi connectivity index (χ0) is 12.1. The molecule has 92 valence electrons. The highest BCUT2D eigenvalue weighted by Gasteiger charge is 2.31. The number of esters is 1. The van der Waals surface area contributed by atoms with E-state index < -0.39 is 12.3 Å². The van der Waals surface area contributed by atoms with Gasteiger partial charge >= 0.3 is 12.4 Å². The number of hydrogen-bond donors (Lipinski definition) is 0. The molecule has 0 aliphatic carbocycles. The van der Waals surface area contributed by atoms with Gasteiger partial charge in [0.15, 0.2) is 0 Å². The molecule has 4 nitrogen and oxygen atoms in total. The molecule has 1 fully saturated rings. The number of alkyl halides is 2. The van der Waals surface area contributed by atoms with Gasteiger partial charge in [0.1, 0.15) is 0 Å². The number of carbonyl (C=O) groups is 2. The summed E-state index contributed by atoms with van der Waals surface area (Å²) in [5.74, 6) is -1.71. The minimum absolute atomic E-state index is 0.201. The van der Waals surface area contributed by atoms with Crippen LogP contribution in [0.3, 0.4) is 0 Å². The van der Waals surface area contributed by atoms with Gasteiger partial charge in [-0.25, -0.2) is 0 Å². The van der Waals surface area contributed by atoms with Crippen molar-refractivity contribution in [3.63, 3.8) is 0 Å². The average molecular weight is 235 g/mol. The number of hydrogen-bond acceptors (Lipinski definition) is 3. The second-order valence-corrected chi connectivity index (χ2v) is 3.65. The van der Waals surface area contributed by atoms with E-state index in [9.17, 15) is 18.4 Å². The summed E-state index contributed by atoms with van der Waals surface area (Å²) in [6.07, 6.45) is -2.16. The zero-order valence-electron chi connectivity index (χ0n) is 9.12. The van der Waals surface area contributed by atoms with Crippen LogP contribution >= 0.6 is 0 Å². The highest BCUT2D eigenvalue weighted by molar-refractivity contribution is 5.80. The van der Waals surface area contributed by atoms with E-state index in [1.165, 1.54) is 0 Å². The molecule has 1 rings (SSSR count). The fraction of sp³-hybridized carbons (Fsp3) is 0.800. The van der Waals surface area contributed by atoms with Crippen molar-refractivity contribution in [1.29, 1.82) is 0 Å². The second kappa shape index (κ2) is 5.77. The first-order valence-electron chi connectivity index (χ1n) is 5.29. The molecule has 1 heterocycles. The van der Waals surface area contributed by atoms with E-state index in [1.54, 1.807) is 6.92 Å². The number of piperidine rings is 1. The van der Waals surface area contributed by atoms with Crippen LogP contribution in [0.2, 0.25) is 0 Å². The van der Waals surface area contributed by atoms with Gasteiger partial charge < -0.3 is 9.64 Å². The Kier molecular flexibility index (Phi) is 4.64. The predicted octanol–water partition coefficient (Wildman–Crippen LogP) is 1.05. The number of nitrogens with zero attached hydrogens (tertiary/aromatic N) is 1. The molecule has 1 amide bonds. The molecular weight excluding hydrogens is 220 g/mol. The number of carbonyl (C=O) groups excluding carboxylic acids is 2. The van der Waals surface area contributed by atoms with Crippen LogP contribution in [0.25, 0.3) is 0 Å². The SMILES string of the molecule is CCOC(=O)C1CCN(C(=O)C(F)F)CC1. The van der Waals surface area contributed by atoms with Crippen molar-refractivity contribution in [2.75, 3.05) is 19.7 Å². The molecule has 1 aliphatic heterocycles. The van der Waals surface area contributed by atoms with Crippen LogP contribution in [0, 0.1) is 5.92 Å². The molecule has 6 heteroatoms. The Morgan fingerprint density at radius 1 is 1.38 bits per heavy atom. The number of rotatable bonds is 3. The number of likely N-dealkylation sites (tertiary alicyclic amines) is 1. The maximum absolute atomic E-state index is 12.1. The Bertz CT molecular complexity index is 263. The van der Waals surface area contributed by atoms with E-state index in [0.717, 1.165) is 4.90 Å². The summed E-state index contributed by atoms with van der Waals surface area (Å²) >= 11 is 0. The van der Waals surface area contributed by atoms with Gasteiger partial charge in [0, 0.05) is 13.1 Å². The third-order valence-electron chi connectivity index (χ3n) is 2.61. The Labute approximate surface area is 92.5 Å². The van der Waals surface area contributed by atoms with Gasteiger partial charge in [-0.3, -0.25) is 9.59 Å². The molecule has 0 unspecified atom stereocenters. The molecular formula is C10H15F2NO3. The molecule has 0 spiro atoms. The molecule has 16 heavy (non-hydrogen) atoms. The first-order valence-corrected chi connectivity index (χ1v) is 5.29. The molecule has 0 atom stereocenters. The lowest BCUT2D eigenvalue weighted by molar-refractivity contribution is -0.153. The van der Waals surface area contributed by atoms with Crippen molar-refractivity contribution in [2.24, 2.45) is 5.92 Å². The lowest BCUT2D eigenvalue weighted by atomic mass is 9.97. The van der Waals surface area contributed by atoms with Gasteiger partial charge in [-0.05, 0) is 19.8 Å². The van der Waals surface area contributed by atoms with Crippen LogP contribution in [0.15, 0.2) is 0 Å². The number of ether oxygens (including phenoxy) is 1. The summed E-state index contributed by atoms with van der Waals surface area (Å²) in [4.78, 5) is 23.4. The summed E-state index contributed by atoms with van der Waals surface area (Å²) in [7, 11) is 0. The Morgan fingerprint density at radius 2 is 1.94 bits per heavy atom. The van der Waals surface area contributed by atoms with Crippen molar-refractivity contribution in [3.8, 4) is 0 Å². The van der Waals surface area contributed by atoms with Crippen molar-refractivity contribution in [1.82, 2.24) is 4.90 Å². The molecule has 0 N–H and O–H groups in total. The largest absolute Gasteiger partial charge is 0.466 e. The zero-order valence-corrected chi connectivity index (χ0v) is 9.12. The van der Waals surface area contributed by atoms with E-state index in [2.05, 4.69) is 0 Å². The van der Waals surface area contributed by atoms with Crippen molar-refractivity contribution < 1.29 is 23.1 Å². The molecule has 1 saturated heterocycles. The second-order valence-electron chi connectivity index (χ2n) is 3.65. The highest BCUT2D eigenvalue weighted by atomic mass is 19.3. The fourth-order valence-corrected chi connectivity index (χ4v) is 1.73. The van der Waals surface area contributed by atoms with E-state index in [0.29, 0.717) is 19.4 Å². The van der Waals surface area contributed by atoms with Crippen LogP contribution in [0.5, 0.6) is 0 Å². The standard InChI is InChI=1S/C10H15F2NO3/c1-2-16-10(15)7-3-5-13(6-4-7)9(14)8(11)12/h7-8H,2-6H2,1H3. The Hall–Kier alpha value is -1.20. The lowest BCUT2D eigenvalue weighted by Crippen LogP contribution is -2.43. The molecule has 0 aromatic carbocycles. The molecule has 0 saturated carbocycles. The quantitative estimate of drug-likeness (QED) is 0.687. The van der Waals surface area contributed by atoms with Crippen molar-refractivity contribution >= 4 is 11.9 Å². The number of amides is 1. The summed E-state index contributed by atoms with van der Waals surface area (Å²) in [5, 5.41) is 0. The van der Waals surface area contributed by atoms with Crippen molar-refractivity contribution in [3.05, 3.63) is 0 Å². The van der Waals surface area contributed by atoms with E-state index >= 15 is 0 Å². The Balaban J connectivity index is 2.39. The number of halogens is 2. The Morgan fingerprint density at radius 3 is 2.38 bits per heavy atom. The normalized spacial score (nSPS) is 17.6. The topological polar surface area (TPSA) is 46.6 Å². The molecule has 0 aromatic heterocycles. The summed E-state index contributed by atoms with van der Waals surface area (Å²) in [6.45, 7) is 2.43. The average Bonchev–Trinajstić information content (AvgIpc) is 2.28. The van der Waals surface area contributed by atoms with Crippen molar-refractivity contribution in [2.45, 2.75) is 26.2 Å². The van der Waals surface area contributed by atoms with Gasteiger partial charge in [0.05, 0.1) is 12.5 Å². The lowest BCUT2D eigenvalue weighted by Gasteiger charge is -2.30. The van der Waals surface area contributed by atoms with E-state index in [-0.39, 0.29) is 25.0 Å². The maximum atomic E-state index is 12.1. The van der Waals surface area contributed by atoms with Gasteiger partial charge in [-0.2, -0.15) is 8.78 Å². The van der Waals surface area contributed by atoms with Crippen LogP contribution in [-0.4, -0.2) is 42.9 Å². The third-order valence-corrected chi connectivity index (χ3v) is 2.61. The van der Waals surface area contributed by atoms with Gasteiger partial charge in [-0.1, -0.05) is 0 Å². The van der Waals surface area contributed by atoms with Gasteiger partial charge in [0.2, 0.25) is 0 Å². The predicted molar refractivity (Wildman–Crippen MR) is 51.9 cm³/mol. The third kappa shape index (κ3) is 3.15. The van der Waals surface area contributed by atoms with Crippen LogP contribution in [0.1, 0.15) is 19.8 Å². The minimum Gasteiger partial charge on any atom is -0.466 e. The van der Waals surface area contributed by atoms with Crippen LogP contribution in [0.4, 0.5) is 8.78 Å². The first kappa shape index (κ1) is 12.9. The smallest absolute Gasteiger partial charge is 0.315 e. The maximum Gasteiger partial charge on any atom is 0.315 e. The highest BCUT2D eigenvalue weighted by Crippen LogP contribution is 2.19. The molecule has 0 radical (unpaired) electrons. The first-order chi connectivity index (χ1) is 7.56. The van der Waals surface area contributed by atoms with Gasteiger partial charge in [0.25, 0.3) is 5.91 Å². The summed E-state index contributed by atoms with van der Waals surface area (Å²) in [5.41, 5.74) is 0. The van der Waals surface area contributed by atoms with E-state index in [4.69, 9.17) is 4.74 Å². The molecule has 1 aliphatic rings. The van der Waals surface area contributed by atoms with Crippen LogP contribution < -0.4 is 0 Å². The fourth-order valence-electron chi connectivity index (χ4n) is 1.73. The summed E-state index contributed by atoms with van der Waals surface area (Å²) in [6, 6.07) is 0. The monoisotopic (exact) mass is 235 g/mol. The molecule has 0 aromatic rings. The van der Waals surface area contributed by atoms with Gasteiger partial charge in [-0.15, -0.1) is 0 Å². The minimum atomic E-state index is -2.96. The molecule has 0 bridgehead atoms. The van der Waals surface area contributed by atoms with Crippen LogP contribution in [-0.2, 0) is 14.3 Å². The van der Waals surface area contributed by atoms with E-state index in [1.807, 2.05) is 0 Å².